The Balaban J connectivity index is 1.92. The molecule has 1 aromatic carbocycles. The average Bonchev–Trinajstić information content (AvgIpc) is 2.90. The van der Waals surface area contributed by atoms with E-state index in [2.05, 4.69) is 10.3 Å². The van der Waals surface area contributed by atoms with Crippen molar-refractivity contribution in [3.63, 3.8) is 0 Å². The molecule has 104 valence electrons. The van der Waals surface area contributed by atoms with E-state index in [0.29, 0.717) is 23.3 Å². The second-order valence-corrected chi connectivity index (χ2v) is 4.74. The summed E-state index contributed by atoms with van der Waals surface area (Å²) in [4.78, 5) is 4.26. The van der Waals surface area contributed by atoms with Gasteiger partial charge >= 0.3 is 0 Å². The van der Waals surface area contributed by atoms with Crippen LogP contribution in [0.5, 0.6) is 5.75 Å². The van der Waals surface area contributed by atoms with Crippen LogP contribution in [0.2, 0.25) is 5.02 Å². The Morgan fingerprint density at radius 2 is 2.47 bits per heavy atom. The minimum Gasteiger partial charge on any atom is -0.495 e. The lowest BCUT2D eigenvalue weighted by atomic mass is 10.2. The lowest BCUT2D eigenvalue weighted by Gasteiger charge is -2.10. The zero-order chi connectivity index (χ0) is 13.7. The van der Waals surface area contributed by atoms with E-state index in [-0.39, 0.29) is 6.10 Å². The molecule has 0 radical (unpaired) electrons. The second-order valence-electron chi connectivity index (χ2n) is 4.34. The molecular formula is C13H18ClN3O2. The Labute approximate surface area is 117 Å². The monoisotopic (exact) mass is 283 g/mol. The van der Waals surface area contributed by atoms with Gasteiger partial charge in [-0.1, -0.05) is 11.6 Å². The zero-order valence-electron chi connectivity index (χ0n) is 10.9. The van der Waals surface area contributed by atoms with Gasteiger partial charge in [-0.2, -0.15) is 0 Å². The summed E-state index contributed by atoms with van der Waals surface area (Å²) in [5, 5.41) is 3.52. The summed E-state index contributed by atoms with van der Waals surface area (Å²) >= 11 is 6.03. The Morgan fingerprint density at radius 1 is 1.63 bits per heavy atom. The maximum absolute atomic E-state index is 6.03. The first-order valence-corrected chi connectivity index (χ1v) is 6.59. The molecule has 1 heterocycles. The van der Waals surface area contributed by atoms with Gasteiger partial charge in [0.15, 0.2) is 5.96 Å². The van der Waals surface area contributed by atoms with E-state index < -0.39 is 0 Å². The van der Waals surface area contributed by atoms with Crippen LogP contribution in [0.1, 0.15) is 12.8 Å². The van der Waals surface area contributed by atoms with Crippen molar-refractivity contribution in [2.45, 2.75) is 18.9 Å². The zero-order valence-corrected chi connectivity index (χ0v) is 11.6. The Kier molecular flexibility index (Phi) is 4.87. The van der Waals surface area contributed by atoms with Crippen molar-refractivity contribution in [2.75, 3.05) is 25.6 Å². The van der Waals surface area contributed by atoms with Gasteiger partial charge < -0.3 is 20.5 Å². The highest BCUT2D eigenvalue weighted by Gasteiger charge is 2.14. The highest BCUT2D eigenvalue weighted by molar-refractivity contribution is 6.32. The lowest BCUT2D eigenvalue weighted by Crippen LogP contribution is -2.24. The van der Waals surface area contributed by atoms with E-state index >= 15 is 0 Å². The minimum atomic E-state index is 0.194. The van der Waals surface area contributed by atoms with E-state index in [0.717, 1.165) is 25.1 Å². The Bertz CT molecular complexity index is 459. The number of benzene rings is 1. The summed E-state index contributed by atoms with van der Waals surface area (Å²) in [6.45, 7) is 1.41. The first-order chi connectivity index (χ1) is 9.19. The molecule has 0 spiro atoms. The van der Waals surface area contributed by atoms with Crippen LogP contribution >= 0.6 is 11.6 Å². The number of nitrogens with one attached hydrogen (secondary N) is 1. The van der Waals surface area contributed by atoms with E-state index in [4.69, 9.17) is 26.8 Å². The standard InChI is InChI=1S/C13H18ClN3O2/c1-18-12-5-4-9(7-11(12)14)17-13(15)16-8-10-3-2-6-19-10/h4-5,7,10H,2-3,6,8H2,1H3,(H3,15,16,17)/t10-/m1/s1. The molecular weight excluding hydrogens is 266 g/mol. The molecule has 0 amide bonds. The molecule has 2 rings (SSSR count). The average molecular weight is 284 g/mol. The normalized spacial score (nSPS) is 19.5. The van der Waals surface area contributed by atoms with Crippen molar-refractivity contribution in [1.82, 2.24) is 0 Å². The number of aliphatic imine (C=N–C) groups is 1. The van der Waals surface area contributed by atoms with Crippen molar-refractivity contribution in [2.24, 2.45) is 10.7 Å². The van der Waals surface area contributed by atoms with E-state index in [1.165, 1.54) is 0 Å². The Morgan fingerprint density at radius 3 is 3.11 bits per heavy atom. The van der Waals surface area contributed by atoms with Crippen LogP contribution in [0, 0.1) is 0 Å². The predicted molar refractivity (Wildman–Crippen MR) is 77.1 cm³/mol. The largest absolute Gasteiger partial charge is 0.495 e. The Hall–Kier alpha value is -1.46. The fourth-order valence-electron chi connectivity index (χ4n) is 1.92. The maximum atomic E-state index is 6.03. The van der Waals surface area contributed by atoms with Gasteiger partial charge in [-0.3, -0.25) is 4.99 Å². The number of hydrogen-bond donors (Lipinski definition) is 2. The van der Waals surface area contributed by atoms with Gasteiger partial charge in [-0.25, -0.2) is 0 Å². The maximum Gasteiger partial charge on any atom is 0.193 e. The molecule has 1 aliphatic rings. The first kappa shape index (κ1) is 14.0. The summed E-state index contributed by atoms with van der Waals surface area (Å²) in [5.41, 5.74) is 6.59. The summed E-state index contributed by atoms with van der Waals surface area (Å²) < 4.78 is 10.6. The molecule has 1 aliphatic heterocycles. The SMILES string of the molecule is COc1ccc(NC(N)=NC[C@H]2CCCO2)cc1Cl. The van der Waals surface area contributed by atoms with Crippen molar-refractivity contribution >= 4 is 23.2 Å². The number of ether oxygens (including phenoxy) is 2. The molecule has 1 fully saturated rings. The molecule has 3 N–H and O–H groups in total. The van der Waals surface area contributed by atoms with Crippen LogP contribution < -0.4 is 15.8 Å². The third kappa shape index (κ3) is 4.01. The van der Waals surface area contributed by atoms with Crippen LogP contribution in [-0.2, 0) is 4.74 Å². The van der Waals surface area contributed by atoms with Gasteiger partial charge in [-0.15, -0.1) is 0 Å². The van der Waals surface area contributed by atoms with Gasteiger partial charge in [0, 0.05) is 12.3 Å². The molecule has 0 aliphatic carbocycles. The number of nitrogens with two attached hydrogens (primary N) is 1. The molecule has 0 bridgehead atoms. The molecule has 5 nitrogen and oxygen atoms in total. The second kappa shape index (κ2) is 6.63. The third-order valence-electron chi connectivity index (χ3n) is 2.91. The quantitative estimate of drug-likeness (QED) is 0.657. The van der Waals surface area contributed by atoms with E-state index in [9.17, 15) is 0 Å². The molecule has 6 heteroatoms. The van der Waals surface area contributed by atoms with Crippen molar-refractivity contribution in [1.29, 1.82) is 0 Å². The molecule has 0 aromatic heterocycles. The smallest absolute Gasteiger partial charge is 0.193 e. The van der Waals surface area contributed by atoms with Crippen molar-refractivity contribution in [3.8, 4) is 5.75 Å². The summed E-state index contributed by atoms with van der Waals surface area (Å²) in [6.07, 6.45) is 2.34. The number of nitrogens with zero attached hydrogens (tertiary/aromatic N) is 1. The van der Waals surface area contributed by atoms with Gasteiger partial charge in [0.2, 0.25) is 0 Å². The number of methoxy groups -OCH3 is 1. The number of guanidine groups is 1. The topological polar surface area (TPSA) is 68.9 Å². The van der Waals surface area contributed by atoms with Crippen molar-refractivity contribution < 1.29 is 9.47 Å². The highest BCUT2D eigenvalue weighted by atomic mass is 35.5. The van der Waals surface area contributed by atoms with Crippen LogP contribution in [0.25, 0.3) is 0 Å². The van der Waals surface area contributed by atoms with Gasteiger partial charge in [0.05, 0.1) is 24.8 Å². The van der Waals surface area contributed by atoms with E-state index in [1.54, 1.807) is 19.2 Å². The number of rotatable bonds is 4. The van der Waals surface area contributed by atoms with Gasteiger partial charge in [0.25, 0.3) is 0 Å². The summed E-state index contributed by atoms with van der Waals surface area (Å²) in [5.74, 6) is 0.985. The van der Waals surface area contributed by atoms with Crippen LogP contribution in [0.3, 0.4) is 0 Å². The molecule has 1 saturated heterocycles. The molecule has 0 saturated carbocycles. The molecule has 1 atom stereocenters. The predicted octanol–water partition coefficient (Wildman–Crippen LogP) is 2.25. The number of hydrogen-bond acceptors (Lipinski definition) is 3. The minimum absolute atomic E-state index is 0.194. The summed E-state index contributed by atoms with van der Waals surface area (Å²) in [7, 11) is 1.58. The van der Waals surface area contributed by atoms with Gasteiger partial charge in [-0.05, 0) is 31.0 Å². The van der Waals surface area contributed by atoms with Crippen LogP contribution in [0.15, 0.2) is 23.2 Å². The van der Waals surface area contributed by atoms with Gasteiger partial charge in [0.1, 0.15) is 5.75 Å². The summed E-state index contributed by atoms with van der Waals surface area (Å²) in [6, 6.07) is 5.35. The number of halogens is 1. The van der Waals surface area contributed by atoms with Crippen molar-refractivity contribution in [3.05, 3.63) is 23.2 Å². The molecule has 1 aromatic rings. The fourth-order valence-corrected chi connectivity index (χ4v) is 2.18. The van der Waals surface area contributed by atoms with Crippen LogP contribution in [0.4, 0.5) is 5.69 Å². The van der Waals surface area contributed by atoms with Crippen LogP contribution in [-0.4, -0.2) is 32.3 Å². The molecule has 0 unspecified atom stereocenters. The third-order valence-corrected chi connectivity index (χ3v) is 3.21. The fraction of sp³-hybridized carbons (Fsp3) is 0.462. The first-order valence-electron chi connectivity index (χ1n) is 6.21. The highest BCUT2D eigenvalue weighted by Crippen LogP contribution is 2.27. The van der Waals surface area contributed by atoms with E-state index in [1.807, 2.05) is 6.07 Å². The molecule has 19 heavy (non-hydrogen) atoms. The number of anilines is 1. The lowest BCUT2D eigenvalue weighted by molar-refractivity contribution is 0.118.